The maximum Gasteiger partial charge on any atom is 0.246 e. The number of hydrogen-bond acceptors (Lipinski definition) is 6. The molecule has 1 fully saturated rings. The maximum atomic E-state index is 13.0. The average Bonchev–Trinajstić information content (AvgIpc) is 3.12. The molecule has 1 unspecified atom stereocenters. The van der Waals surface area contributed by atoms with Crippen LogP contribution in [0.5, 0.6) is 17.4 Å². The Balaban J connectivity index is 1.76. The minimum Gasteiger partial charge on any atom is -0.497 e. The van der Waals surface area contributed by atoms with Crippen molar-refractivity contribution < 1.29 is 22.6 Å². The van der Waals surface area contributed by atoms with Crippen molar-refractivity contribution >= 4 is 26.0 Å². The number of benzene rings is 1. The van der Waals surface area contributed by atoms with Gasteiger partial charge in [0, 0.05) is 29.3 Å². The zero-order valence-electron chi connectivity index (χ0n) is 14.4. The molecule has 7 nitrogen and oxygen atoms in total. The standard InChI is InChI=1S/C17H19BrN2O5S/c1-23-13-4-5-16(15(9-13)24-2)26(21,22)20-8-7-14(11-20)25-17-6-3-12(18)10-19-17/h3-6,9-10,14H,7-8,11H2,1-2H3. The van der Waals surface area contributed by atoms with Gasteiger partial charge in [-0.1, -0.05) is 0 Å². The predicted molar refractivity (Wildman–Crippen MR) is 99.3 cm³/mol. The van der Waals surface area contributed by atoms with Crippen molar-refractivity contribution in [1.29, 1.82) is 0 Å². The van der Waals surface area contributed by atoms with Crippen LogP contribution in [0.2, 0.25) is 0 Å². The number of halogens is 1. The van der Waals surface area contributed by atoms with Gasteiger partial charge in [-0.25, -0.2) is 13.4 Å². The summed E-state index contributed by atoms with van der Waals surface area (Å²) in [6.45, 7) is 0.633. The van der Waals surface area contributed by atoms with E-state index in [2.05, 4.69) is 20.9 Å². The van der Waals surface area contributed by atoms with Crippen molar-refractivity contribution in [2.75, 3.05) is 27.3 Å². The molecule has 1 aliphatic rings. The lowest BCUT2D eigenvalue weighted by atomic mass is 10.3. The van der Waals surface area contributed by atoms with E-state index in [0.717, 1.165) is 4.47 Å². The first-order chi connectivity index (χ1) is 12.4. The summed E-state index contributed by atoms with van der Waals surface area (Å²) < 4.78 is 44.4. The Bertz CT molecular complexity index is 873. The Morgan fingerprint density at radius 3 is 2.65 bits per heavy atom. The van der Waals surface area contributed by atoms with Crippen molar-refractivity contribution in [3.8, 4) is 17.4 Å². The van der Waals surface area contributed by atoms with Gasteiger partial charge >= 0.3 is 0 Å². The number of aromatic nitrogens is 1. The van der Waals surface area contributed by atoms with E-state index in [1.54, 1.807) is 24.4 Å². The Labute approximate surface area is 161 Å². The first-order valence-electron chi connectivity index (χ1n) is 7.94. The maximum absolute atomic E-state index is 13.0. The van der Waals surface area contributed by atoms with E-state index in [-0.39, 0.29) is 23.3 Å². The lowest BCUT2D eigenvalue weighted by Crippen LogP contribution is -2.31. The summed E-state index contributed by atoms with van der Waals surface area (Å²) in [5, 5.41) is 0. The smallest absolute Gasteiger partial charge is 0.246 e. The van der Waals surface area contributed by atoms with Crippen molar-refractivity contribution in [3.63, 3.8) is 0 Å². The van der Waals surface area contributed by atoms with Crippen LogP contribution in [0.4, 0.5) is 0 Å². The molecule has 2 aromatic rings. The molecule has 0 saturated carbocycles. The highest BCUT2D eigenvalue weighted by molar-refractivity contribution is 9.10. The molecule has 0 aliphatic carbocycles. The molecular formula is C17H19BrN2O5S. The van der Waals surface area contributed by atoms with Crippen LogP contribution in [-0.2, 0) is 10.0 Å². The molecule has 1 aliphatic heterocycles. The van der Waals surface area contributed by atoms with Crippen LogP contribution in [0.1, 0.15) is 6.42 Å². The van der Waals surface area contributed by atoms with E-state index in [1.807, 2.05) is 6.07 Å². The van der Waals surface area contributed by atoms with Crippen molar-refractivity contribution in [2.24, 2.45) is 0 Å². The summed E-state index contributed by atoms with van der Waals surface area (Å²) in [4.78, 5) is 4.28. The zero-order chi connectivity index (χ0) is 18.7. The Kier molecular flexibility index (Phi) is 5.69. The number of ether oxygens (including phenoxy) is 3. The van der Waals surface area contributed by atoms with E-state index in [1.165, 1.54) is 24.6 Å². The normalized spacial score (nSPS) is 17.9. The number of hydrogen-bond donors (Lipinski definition) is 0. The lowest BCUT2D eigenvalue weighted by Gasteiger charge is -2.19. The predicted octanol–water partition coefficient (Wildman–Crippen LogP) is 2.70. The Morgan fingerprint density at radius 1 is 1.19 bits per heavy atom. The average molecular weight is 443 g/mol. The summed E-state index contributed by atoms with van der Waals surface area (Å²) in [6.07, 6.45) is 1.99. The Hall–Kier alpha value is -1.84. The minimum absolute atomic E-state index is 0.114. The highest BCUT2D eigenvalue weighted by Gasteiger charge is 2.35. The molecule has 2 heterocycles. The summed E-state index contributed by atoms with van der Waals surface area (Å²) in [6, 6.07) is 8.23. The van der Waals surface area contributed by atoms with Crippen LogP contribution in [-0.4, -0.2) is 51.1 Å². The van der Waals surface area contributed by atoms with Gasteiger partial charge in [0.25, 0.3) is 0 Å². The van der Waals surface area contributed by atoms with Gasteiger partial charge in [-0.3, -0.25) is 0 Å². The topological polar surface area (TPSA) is 78.0 Å². The van der Waals surface area contributed by atoms with Crippen molar-refractivity contribution in [3.05, 3.63) is 41.0 Å². The number of sulfonamides is 1. The molecule has 26 heavy (non-hydrogen) atoms. The zero-order valence-corrected chi connectivity index (χ0v) is 16.8. The molecule has 0 radical (unpaired) electrons. The van der Waals surface area contributed by atoms with Gasteiger partial charge in [-0.05, 0) is 40.5 Å². The fraction of sp³-hybridized carbons (Fsp3) is 0.353. The van der Waals surface area contributed by atoms with Crippen LogP contribution in [0, 0.1) is 0 Å². The molecule has 0 bridgehead atoms. The summed E-state index contributed by atoms with van der Waals surface area (Å²) in [7, 11) is -0.745. The quantitative estimate of drug-likeness (QED) is 0.684. The summed E-state index contributed by atoms with van der Waals surface area (Å²) in [5.74, 6) is 1.26. The molecular weight excluding hydrogens is 424 g/mol. The summed E-state index contributed by atoms with van der Waals surface area (Å²) >= 11 is 3.32. The lowest BCUT2D eigenvalue weighted by molar-refractivity contribution is 0.207. The molecule has 1 aromatic heterocycles. The fourth-order valence-corrected chi connectivity index (χ4v) is 4.60. The Morgan fingerprint density at radius 2 is 2.00 bits per heavy atom. The largest absolute Gasteiger partial charge is 0.497 e. The fourth-order valence-electron chi connectivity index (χ4n) is 2.74. The third-order valence-corrected chi connectivity index (χ3v) is 6.46. The molecule has 3 rings (SSSR count). The van der Waals surface area contributed by atoms with Crippen LogP contribution in [0.3, 0.4) is 0 Å². The SMILES string of the molecule is COc1ccc(S(=O)(=O)N2CCC(Oc3ccc(Br)cn3)C2)c(OC)c1. The van der Waals surface area contributed by atoms with Gasteiger partial charge in [0.15, 0.2) is 0 Å². The molecule has 140 valence electrons. The first kappa shape index (κ1) is 18.9. The van der Waals surface area contributed by atoms with Gasteiger partial charge in [0.1, 0.15) is 22.5 Å². The second-order valence-electron chi connectivity index (χ2n) is 5.72. The van der Waals surface area contributed by atoms with E-state index in [4.69, 9.17) is 14.2 Å². The van der Waals surface area contributed by atoms with Crippen LogP contribution in [0.15, 0.2) is 45.9 Å². The third-order valence-electron chi connectivity index (χ3n) is 4.08. The van der Waals surface area contributed by atoms with Crippen LogP contribution >= 0.6 is 15.9 Å². The second kappa shape index (κ2) is 7.81. The number of pyridine rings is 1. The third kappa shape index (κ3) is 3.94. The summed E-state index contributed by atoms with van der Waals surface area (Å²) in [5.41, 5.74) is 0. The van der Waals surface area contributed by atoms with Gasteiger partial charge in [-0.2, -0.15) is 4.31 Å². The van der Waals surface area contributed by atoms with Gasteiger partial charge in [0.05, 0.1) is 20.8 Å². The number of rotatable bonds is 6. The number of methoxy groups -OCH3 is 2. The molecule has 0 amide bonds. The van der Waals surface area contributed by atoms with Gasteiger partial charge in [0.2, 0.25) is 15.9 Å². The highest BCUT2D eigenvalue weighted by atomic mass is 79.9. The monoisotopic (exact) mass is 442 g/mol. The van der Waals surface area contributed by atoms with E-state index in [9.17, 15) is 8.42 Å². The molecule has 1 saturated heterocycles. The molecule has 1 atom stereocenters. The van der Waals surface area contributed by atoms with Crippen molar-refractivity contribution in [1.82, 2.24) is 9.29 Å². The highest BCUT2D eigenvalue weighted by Crippen LogP contribution is 2.32. The van der Waals surface area contributed by atoms with E-state index in [0.29, 0.717) is 24.6 Å². The van der Waals surface area contributed by atoms with Gasteiger partial charge in [-0.15, -0.1) is 0 Å². The number of nitrogens with zero attached hydrogens (tertiary/aromatic N) is 2. The van der Waals surface area contributed by atoms with Gasteiger partial charge < -0.3 is 14.2 Å². The van der Waals surface area contributed by atoms with E-state index >= 15 is 0 Å². The van der Waals surface area contributed by atoms with Crippen LogP contribution < -0.4 is 14.2 Å². The van der Waals surface area contributed by atoms with Crippen LogP contribution in [0.25, 0.3) is 0 Å². The van der Waals surface area contributed by atoms with E-state index < -0.39 is 10.0 Å². The molecule has 9 heteroatoms. The molecule has 1 aromatic carbocycles. The minimum atomic E-state index is -3.69. The second-order valence-corrected chi connectivity index (χ2v) is 8.55. The first-order valence-corrected chi connectivity index (χ1v) is 10.2. The molecule has 0 spiro atoms. The molecule has 0 N–H and O–H groups in total. The van der Waals surface area contributed by atoms with Crippen molar-refractivity contribution in [2.45, 2.75) is 17.4 Å².